The van der Waals surface area contributed by atoms with Crippen LogP contribution >= 0.6 is 23.1 Å². The van der Waals surface area contributed by atoms with Crippen molar-refractivity contribution in [3.05, 3.63) is 51.7 Å². The van der Waals surface area contributed by atoms with Gasteiger partial charge in [-0.05, 0) is 41.7 Å². The van der Waals surface area contributed by atoms with Gasteiger partial charge in [0.05, 0.1) is 10.6 Å². The number of hydrogen-bond donors (Lipinski definition) is 1. The lowest BCUT2D eigenvalue weighted by Crippen LogP contribution is -2.22. The lowest BCUT2D eigenvalue weighted by atomic mass is 9.87. The van der Waals surface area contributed by atoms with Crippen LogP contribution in [-0.2, 0) is 16.6 Å². The molecule has 0 aliphatic rings. The first-order valence-electron chi connectivity index (χ1n) is 8.35. The first-order valence-corrected chi connectivity index (χ1v) is 10.2. The molecule has 0 aliphatic carbocycles. The fraction of sp³-hybridized carbons (Fsp3) is 0.400. The van der Waals surface area contributed by atoms with Crippen molar-refractivity contribution < 1.29 is 9.59 Å². The summed E-state index contributed by atoms with van der Waals surface area (Å²) in [4.78, 5) is 26.3. The van der Waals surface area contributed by atoms with Crippen LogP contribution in [0, 0.1) is 0 Å². The molecule has 0 spiro atoms. The number of Topliss-reactive ketones (excluding diaryl/α,β-unsaturated/α-hetero) is 1. The van der Waals surface area contributed by atoms with Crippen molar-refractivity contribution in [1.29, 1.82) is 0 Å². The number of nitrogens with one attached hydrogen (secondary N) is 1. The van der Waals surface area contributed by atoms with Crippen LogP contribution in [-0.4, -0.2) is 24.0 Å². The first kappa shape index (κ1) is 19.7. The Hall–Kier alpha value is -1.59. The van der Waals surface area contributed by atoms with E-state index in [9.17, 15) is 9.59 Å². The average molecular weight is 376 g/mol. The summed E-state index contributed by atoms with van der Waals surface area (Å²) in [5.41, 5.74) is 1.44. The molecule has 1 N–H and O–H groups in total. The monoisotopic (exact) mass is 375 g/mol. The Labute approximate surface area is 158 Å². The van der Waals surface area contributed by atoms with Gasteiger partial charge in [0.15, 0.2) is 5.78 Å². The van der Waals surface area contributed by atoms with E-state index in [0.717, 1.165) is 21.1 Å². The van der Waals surface area contributed by atoms with Crippen molar-refractivity contribution in [3.63, 3.8) is 0 Å². The van der Waals surface area contributed by atoms with Crippen LogP contribution in [0.15, 0.2) is 41.3 Å². The van der Waals surface area contributed by atoms with E-state index in [4.69, 9.17) is 0 Å². The Kier molecular flexibility index (Phi) is 6.85. The quantitative estimate of drug-likeness (QED) is 0.564. The van der Waals surface area contributed by atoms with E-state index < -0.39 is 0 Å². The molecule has 0 fully saturated rings. The Morgan fingerprint density at radius 1 is 1.08 bits per heavy atom. The average Bonchev–Trinajstić information content (AvgIpc) is 3.01. The molecule has 2 rings (SSSR count). The van der Waals surface area contributed by atoms with E-state index in [1.54, 1.807) is 11.8 Å². The van der Waals surface area contributed by atoms with Gasteiger partial charge in [-0.15, -0.1) is 23.1 Å². The molecular weight excluding hydrogens is 350 g/mol. The van der Waals surface area contributed by atoms with Gasteiger partial charge >= 0.3 is 0 Å². The van der Waals surface area contributed by atoms with Crippen LogP contribution in [0.5, 0.6) is 0 Å². The minimum absolute atomic E-state index is 0.0262. The van der Waals surface area contributed by atoms with E-state index in [1.807, 2.05) is 12.1 Å². The number of ketones is 1. The summed E-state index contributed by atoms with van der Waals surface area (Å²) in [6, 6.07) is 12.3. The van der Waals surface area contributed by atoms with Crippen LogP contribution in [0.4, 0.5) is 0 Å². The highest BCUT2D eigenvalue weighted by Crippen LogP contribution is 2.27. The molecule has 1 aromatic carbocycles. The number of hydrogen-bond acceptors (Lipinski definition) is 4. The molecule has 1 amide bonds. The SMILES string of the molecule is CC(=O)NCCc1ccc(C(=O)CSc2ccc(C(C)(C)C)cc2)s1. The maximum absolute atomic E-state index is 12.4. The number of thiophene rings is 1. The van der Waals surface area contributed by atoms with Crippen LogP contribution in [0.25, 0.3) is 0 Å². The van der Waals surface area contributed by atoms with E-state index in [0.29, 0.717) is 12.3 Å². The third-order valence-electron chi connectivity index (χ3n) is 3.77. The van der Waals surface area contributed by atoms with Gasteiger partial charge in [-0.1, -0.05) is 32.9 Å². The third kappa shape index (κ3) is 6.33. The van der Waals surface area contributed by atoms with Gasteiger partial charge in [0.2, 0.25) is 5.91 Å². The topological polar surface area (TPSA) is 46.2 Å². The fourth-order valence-corrected chi connectivity index (χ4v) is 4.11. The van der Waals surface area contributed by atoms with Crippen molar-refractivity contribution in [2.45, 2.75) is 44.4 Å². The normalized spacial score (nSPS) is 11.4. The summed E-state index contributed by atoms with van der Waals surface area (Å²) in [7, 11) is 0. The maximum Gasteiger partial charge on any atom is 0.216 e. The molecule has 3 nitrogen and oxygen atoms in total. The summed E-state index contributed by atoms with van der Waals surface area (Å²) >= 11 is 3.09. The second-order valence-corrected chi connectivity index (χ2v) is 9.20. The molecule has 0 saturated heterocycles. The number of carbonyl (C=O) groups excluding carboxylic acids is 2. The summed E-state index contributed by atoms with van der Waals surface area (Å²) in [5.74, 6) is 0.572. The zero-order valence-electron chi connectivity index (χ0n) is 15.2. The summed E-state index contributed by atoms with van der Waals surface area (Å²) in [6.45, 7) is 8.70. The second-order valence-electron chi connectivity index (χ2n) is 6.99. The van der Waals surface area contributed by atoms with Crippen molar-refractivity contribution in [1.82, 2.24) is 5.32 Å². The molecule has 25 heavy (non-hydrogen) atoms. The number of amides is 1. The molecule has 0 unspecified atom stereocenters. The van der Waals surface area contributed by atoms with E-state index in [-0.39, 0.29) is 17.1 Å². The Morgan fingerprint density at radius 2 is 1.76 bits per heavy atom. The predicted octanol–water partition coefficient (Wildman–Crippen LogP) is 4.70. The van der Waals surface area contributed by atoms with Crippen molar-refractivity contribution in [2.75, 3.05) is 12.3 Å². The van der Waals surface area contributed by atoms with Gasteiger partial charge in [0.1, 0.15) is 0 Å². The third-order valence-corrected chi connectivity index (χ3v) is 5.97. The van der Waals surface area contributed by atoms with Gasteiger partial charge in [-0.3, -0.25) is 9.59 Å². The van der Waals surface area contributed by atoms with E-state index >= 15 is 0 Å². The number of rotatable bonds is 7. The standard InChI is InChI=1S/C20H25NO2S2/c1-14(22)21-12-11-17-9-10-19(25-17)18(23)13-24-16-7-5-15(6-8-16)20(2,3)4/h5-10H,11-13H2,1-4H3,(H,21,22). The molecule has 0 radical (unpaired) electrons. The molecule has 0 saturated carbocycles. The number of thioether (sulfide) groups is 1. The van der Waals surface area contributed by atoms with Gasteiger partial charge in [-0.2, -0.15) is 0 Å². The predicted molar refractivity (Wildman–Crippen MR) is 107 cm³/mol. The van der Waals surface area contributed by atoms with Gasteiger partial charge in [0.25, 0.3) is 0 Å². The lowest BCUT2D eigenvalue weighted by molar-refractivity contribution is -0.118. The minimum atomic E-state index is -0.0262. The van der Waals surface area contributed by atoms with Crippen LogP contribution < -0.4 is 5.32 Å². The fourth-order valence-electron chi connectivity index (χ4n) is 2.30. The molecule has 0 bridgehead atoms. The smallest absolute Gasteiger partial charge is 0.216 e. The van der Waals surface area contributed by atoms with E-state index in [1.165, 1.54) is 23.8 Å². The molecule has 134 valence electrons. The molecule has 5 heteroatoms. The van der Waals surface area contributed by atoms with Gasteiger partial charge < -0.3 is 5.32 Å². The lowest BCUT2D eigenvalue weighted by Gasteiger charge is -2.18. The summed E-state index contributed by atoms with van der Waals surface area (Å²) in [5, 5.41) is 2.77. The molecule has 0 atom stereocenters. The maximum atomic E-state index is 12.4. The number of benzene rings is 1. The molecular formula is C20H25NO2S2. The Morgan fingerprint density at radius 3 is 2.36 bits per heavy atom. The number of carbonyl (C=O) groups is 2. The Balaban J connectivity index is 1.86. The second kappa shape index (κ2) is 8.68. The zero-order chi connectivity index (χ0) is 18.4. The summed E-state index contributed by atoms with van der Waals surface area (Å²) < 4.78 is 0. The molecule has 1 heterocycles. The van der Waals surface area contributed by atoms with Crippen molar-refractivity contribution in [3.8, 4) is 0 Å². The van der Waals surface area contributed by atoms with Crippen molar-refractivity contribution in [2.24, 2.45) is 0 Å². The molecule has 1 aromatic heterocycles. The Bertz CT molecular complexity index is 727. The first-order chi connectivity index (χ1) is 11.8. The van der Waals surface area contributed by atoms with Crippen LogP contribution in [0.3, 0.4) is 0 Å². The highest BCUT2D eigenvalue weighted by Gasteiger charge is 2.14. The van der Waals surface area contributed by atoms with E-state index in [2.05, 4.69) is 50.4 Å². The largest absolute Gasteiger partial charge is 0.356 e. The molecule has 0 aliphatic heterocycles. The van der Waals surface area contributed by atoms with Crippen molar-refractivity contribution >= 4 is 34.8 Å². The van der Waals surface area contributed by atoms with Gasteiger partial charge in [-0.25, -0.2) is 0 Å². The highest BCUT2D eigenvalue weighted by molar-refractivity contribution is 8.00. The molecule has 2 aromatic rings. The van der Waals surface area contributed by atoms with Gasteiger partial charge in [0, 0.05) is 23.2 Å². The van der Waals surface area contributed by atoms with Crippen LogP contribution in [0.1, 0.15) is 47.8 Å². The summed E-state index contributed by atoms with van der Waals surface area (Å²) in [6.07, 6.45) is 0.763. The minimum Gasteiger partial charge on any atom is -0.356 e. The zero-order valence-corrected chi connectivity index (χ0v) is 16.9. The highest BCUT2D eigenvalue weighted by atomic mass is 32.2. The van der Waals surface area contributed by atoms with Crippen LogP contribution in [0.2, 0.25) is 0 Å².